The van der Waals surface area contributed by atoms with Crippen molar-refractivity contribution in [2.24, 2.45) is 5.84 Å². The molecule has 0 bridgehead atoms. The van der Waals surface area contributed by atoms with E-state index >= 15 is 0 Å². The molecule has 0 spiro atoms. The van der Waals surface area contributed by atoms with Gasteiger partial charge < -0.3 is 4.90 Å². The van der Waals surface area contributed by atoms with Gasteiger partial charge in [0.1, 0.15) is 11.6 Å². The molecule has 152 valence electrons. The van der Waals surface area contributed by atoms with Crippen LogP contribution in [-0.4, -0.2) is 23.9 Å². The Hall–Kier alpha value is -2.41. The zero-order chi connectivity index (χ0) is 21.1. The Morgan fingerprint density at radius 2 is 1.83 bits per heavy atom. The molecule has 1 aliphatic rings. The van der Waals surface area contributed by atoms with Crippen LogP contribution in [0.3, 0.4) is 0 Å². The number of likely N-dealkylation sites (tertiary alicyclic amines) is 1. The second-order valence-corrected chi connectivity index (χ2v) is 7.52. The lowest BCUT2D eigenvalue weighted by Crippen LogP contribution is -2.31. The van der Waals surface area contributed by atoms with Crippen LogP contribution in [0.5, 0.6) is 0 Å². The van der Waals surface area contributed by atoms with Gasteiger partial charge in [-0.15, -0.1) is 0 Å². The van der Waals surface area contributed by atoms with Crippen molar-refractivity contribution in [3.8, 4) is 0 Å². The monoisotopic (exact) mass is 437 g/mol. The van der Waals surface area contributed by atoms with Gasteiger partial charge >= 0.3 is 0 Å². The third-order valence-electron chi connectivity index (χ3n) is 4.58. The van der Waals surface area contributed by atoms with Crippen LogP contribution in [0.2, 0.25) is 10.0 Å². The second kappa shape index (κ2) is 8.95. The number of benzene rings is 2. The Labute approximate surface area is 177 Å². The lowest BCUT2D eigenvalue weighted by molar-refractivity contribution is -0.125. The van der Waals surface area contributed by atoms with E-state index in [1.54, 1.807) is 4.90 Å². The number of nitrogens with zero attached hydrogens (tertiary/aromatic N) is 2. The molecule has 0 atom stereocenters. The first-order valence-corrected chi connectivity index (χ1v) is 9.68. The summed E-state index contributed by atoms with van der Waals surface area (Å²) >= 11 is 11.9. The van der Waals surface area contributed by atoms with E-state index in [4.69, 9.17) is 29.0 Å². The van der Waals surface area contributed by atoms with Gasteiger partial charge in [-0.3, -0.25) is 9.80 Å². The highest BCUT2D eigenvalue weighted by Crippen LogP contribution is 2.30. The second-order valence-electron chi connectivity index (χ2n) is 6.68. The quantitative estimate of drug-likeness (QED) is 0.303. The maximum absolute atomic E-state index is 14.0. The average molecular weight is 438 g/mol. The lowest BCUT2D eigenvalue weighted by atomic mass is 10.1. The highest BCUT2D eigenvalue weighted by Gasteiger charge is 2.21. The summed E-state index contributed by atoms with van der Waals surface area (Å²) < 4.78 is 27.5. The number of hydrazine groups is 1. The Morgan fingerprint density at radius 3 is 2.45 bits per heavy atom. The SMILES string of the molecule is C=C(/C=C(/c1cc(F)cc(Cl)c1)N(N)c1ccc(F)c(Cl)c1)C(=O)N1CCCC1. The van der Waals surface area contributed by atoms with Crippen molar-refractivity contribution in [2.75, 3.05) is 18.1 Å². The molecule has 1 aliphatic heterocycles. The van der Waals surface area contributed by atoms with Crippen LogP contribution in [0.4, 0.5) is 14.5 Å². The first kappa shape index (κ1) is 21.3. The minimum atomic E-state index is -0.600. The minimum absolute atomic E-state index is 0.124. The number of carbonyl (C=O) groups is 1. The molecule has 2 aromatic rings. The first-order valence-electron chi connectivity index (χ1n) is 8.92. The average Bonchev–Trinajstić information content (AvgIpc) is 3.21. The standard InChI is InChI=1S/C21H19Cl2F2N3O/c1-13(21(29)27-6-2-3-7-27)8-20(14-9-15(22)11-16(24)10-14)28(26)17-4-5-19(25)18(23)12-17/h4-5,8-12H,1-3,6-7,26H2/b20-8-. The molecule has 29 heavy (non-hydrogen) atoms. The van der Waals surface area contributed by atoms with Gasteiger partial charge in [-0.1, -0.05) is 29.8 Å². The van der Waals surface area contributed by atoms with Crippen LogP contribution in [0.1, 0.15) is 18.4 Å². The van der Waals surface area contributed by atoms with E-state index in [0.717, 1.165) is 25.0 Å². The predicted octanol–water partition coefficient (Wildman–Crippen LogP) is 5.17. The van der Waals surface area contributed by atoms with Gasteiger partial charge in [0.25, 0.3) is 5.91 Å². The van der Waals surface area contributed by atoms with Gasteiger partial charge in [-0.25, -0.2) is 14.6 Å². The molecule has 0 unspecified atom stereocenters. The Bertz CT molecular complexity index is 968. The number of nitrogens with two attached hydrogens (primary N) is 1. The molecule has 1 saturated heterocycles. The maximum atomic E-state index is 14.0. The summed E-state index contributed by atoms with van der Waals surface area (Å²) in [5.74, 6) is 4.85. The number of carbonyl (C=O) groups excluding carboxylic acids is 1. The molecule has 1 amide bonds. The highest BCUT2D eigenvalue weighted by molar-refractivity contribution is 6.31. The van der Waals surface area contributed by atoms with Crippen molar-refractivity contribution in [3.63, 3.8) is 0 Å². The molecule has 0 radical (unpaired) electrons. The van der Waals surface area contributed by atoms with E-state index in [2.05, 4.69) is 6.58 Å². The first-order chi connectivity index (χ1) is 13.8. The summed E-state index contributed by atoms with van der Waals surface area (Å²) in [6.07, 6.45) is 3.33. The van der Waals surface area contributed by atoms with Gasteiger partial charge in [-0.2, -0.15) is 0 Å². The van der Waals surface area contributed by atoms with Crippen molar-refractivity contribution < 1.29 is 13.6 Å². The number of anilines is 1. The Kier molecular flexibility index (Phi) is 6.57. The fraction of sp³-hybridized carbons (Fsp3) is 0.190. The van der Waals surface area contributed by atoms with E-state index in [1.165, 1.54) is 35.4 Å². The number of hydrogen-bond acceptors (Lipinski definition) is 3. The van der Waals surface area contributed by atoms with Crippen LogP contribution in [0.25, 0.3) is 5.70 Å². The van der Waals surface area contributed by atoms with Crippen molar-refractivity contribution in [2.45, 2.75) is 12.8 Å². The molecular weight excluding hydrogens is 419 g/mol. The zero-order valence-corrected chi connectivity index (χ0v) is 17.0. The molecular formula is C21H19Cl2F2N3O. The van der Waals surface area contributed by atoms with E-state index in [0.29, 0.717) is 24.3 Å². The largest absolute Gasteiger partial charge is 0.339 e. The molecule has 8 heteroatoms. The van der Waals surface area contributed by atoms with Crippen molar-refractivity contribution in [1.29, 1.82) is 0 Å². The van der Waals surface area contributed by atoms with Gasteiger partial charge in [0.05, 0.1) is 16.4 Å². The van der Waals surface area contributed by atoms with Crippen LogP contribution >= 0.6 is 23.2 Å². The summed E-state index contributed by atoms with van der Waals surface area (Å²) in [7, 11) is 0. The van der Waals surface area contributed by atoms with E-state index in [1.807, 2.05) is 0 Å². The van der Waals surface area contributed by atoms with Gasteiger partial charge in [0, 0.05) is 29.2 Å². The van der Waals surface area contributed by atoms with Gasteiger partial charge in [0.15, 0.2) is 0 Å². The molecule has 4 nitrogen and oxygen atoms in total. The third-order valence-corrected chi connectivity index (χ3v) is 5.09. The van der Waals surface area contributed by atoms with Crippen molar-refractivity contribution in [1.82, 2.24) is 4.90 Å². The molecule has 0 aromatic heterocycles. The van der Waals surface area contributed by atoms with E-state index in [-0.39, 0.29) is 27.2 Å². The molecule has 2 aromatic carbocycles. The number of halogens is 4. The topological polar surface area (TPSA) is 49.6 Å². The fourth-order valence-electron chi connectivity index (χ4n) is 3.12. The summed E-state index contributed by atoms with van der Waals surface area (Å²) in [5.41, 5.74) is 1.11. The van der Waals surface area contributed by atoms with Crippen LogP contribution in [0.15, 0.2) is 54.6 Å². The Morgan fingerprint density at radius 1 is 1.14 bits per heavy atom. The lowest BCUT2D eigenvalue weighted by Gasteiger charge is -2.24. The molecule has 3 rings (SSSR count). The smallest absolute Gasteiger partial charge is 0.253 e. The highest BCUT2D eigenvalue weighted by atomic mass is 35.5. The Balaban J connectivity index is 2.04. The van der Waals surface area contributed by atoms with Crippen LogP contribution in [0, 0.1) is 11.6 Å². The maximum Gasteiger partial charge on any atom is 0.253 e. The molecule has 1 fully saturated rings. The number of amides is 1. The van der Waals surface area contributed by atoms with Gasteiger partial charge in [-0.05, 0) is 55.3 Å². The predicted molar refractivity (Wildman–Crippen MR) is 112 cm³/mol. The molecule has 2 N–H and O–H groups in total. The normalized spacial score (nSPS) is 14.2. The summed E-state index contributed by atoms with van der Waals surface area (Å²) in [5, 5.41) is 1.22. The van der Waals surface area contributed by atoms with E-state index < -0.39 is 11.6 Å². The van der Waals surface area contributed by atoms with Gasteiger partial charge in [0.2, 0.25) is 0 Å². The third kappa shape index (κ3) is 4.96. The zero-order valence-electron chi connectivity index (χ0n) is 15.5. The summed E-state index contributed by atoms with van der Waals surface area (Å²) in [6, 6.07) is 7.81. The van der Waals surface area contributed by atoms with Crippen LogP contribution < -0.4 is 10.9 Å². The number of hydrogen-bond donors (Lipinski definition) is 1. The summed E-state index contributed by atoms with van der Waals surface area (Å²) in [6.45, 7) is 5.17. The molecule has 0 aliphatic carbocycles. The summed E-state index contributed by atoms with van der Waals surface area (Å²) in [4.78, 5) is 14.4. The molecule has 0 saturated carbocycles. The van der Waals surface area contributed by atoms with E-state index in [9.17, 15) is 13.6 Å². The van der Waals surface area contributed by atoms with Crippen molar-refractivity contribution in [3.05, 3.63) is 81.9 Å². The van der Waals surface area contributed by atoms with Crippen LogP contribution in [-0.2, 0) is 4.79 Å². The fourth-order valence-corrected chi connectivity index (χ4v) is 3.51. The van der Waals surface area contributed by atoms with Crippen molar-refractivity contribution >= 4 is 40.5 Å². The number of rotatable bonds is 5. The minimum Gasteiger partial charge on any atom is -0.339 e. The molecule has 1 heterocycles.